The number of rotatable bonds is 4. The standard InChI is InChI=1S/C24H28FN3O3/c1-26-22(29)12-11-19(23(26)17-7-9-18(31-2)10-8-17)24(30)28-15-13-27(14-16-28)21-6-4-3-5-20(21)25/h3-10,19,23H,11-16H2,1-2H3/t19-,23+/m1/s1. The Balaban J connectivity index is 1.49. The van der Waals surface area contributed by atoms with Crippen LogP contribution in [-0.2, 0) is 9.59 Å². The summed E-state index contributed by atoms with van der Waals surface area (Å²) in [6.45, 7) is 2.25. The molecule has 0 bridgehead atoms. The number of amides is 2. The Labute approximate surface area is 182 Å². The third-order valence-electron chi connectivity index (χ3n) is 6.42. The molecule has 0 spiro atoms. The van der Waals surface area contributed by atoms with Gasteiger partial charge < -0.3 is 19.4 Å². The van der Waals surface area contributed by atoms with Crippen LogP contribution in [0.25, 0.3) is 0 Å². The molecule has 2 aliphatic rings. The number of likely N-dealkylation sites (tertiary alicyclic amines) is 1. The number of methoxy groups -OCH3 is 1. The highest BCUT2D eigenvalue weighted by molar-refractivity contribution is 5.85. The number of ether oxygens (including phenoxy) is 1. The summed E-state index contributed by atoms with van der Waals surface area (Å²) in [5, 5.41) is 0. The van der Waals surface area contributed by atoms with E-state index in [4.69, 9.17) is 4.74 Å². The van der Waals surface area contributed by atoms with Crippen molar-refractivity contribution in [3.63, 3.8) is 0 Å². The van der Waals surface area contributed by atoms with E-state index in [1.807, 2.05) is 40.1 Å². The van der Waals surface area contributed by atoms with Gasteiger partial charge in [0.05, 0.1) is 24.8 Å². The lowest BCUT2D eigenvalue weighted by molar-refractivity contribution is -0.146. The second kappa shape index (κ2) is 8.96. The first-order valence-corrected chi connectivity index (χ1v) is 10.7. The van der Waals surface area contributed by atoms with Crippen molar-refractivity contribution in [1.82, 2.24) is 9.80 Å². The summed E-state index contributed by atoms with van der Waals surface area (Å²) in [7, 11) is 3.38. The van der Waals surface area contributed by atoms with Gasteiger partial charge in [-0.25, -0.2) is 4.39 Å². The molecule has 2 saturated heterocycles. The number of piperazine rings is 1. The van der Waals surface area contributed by atoms with Gasteiger partial charge in [-0.2, -0.15) is 0 Å². The van der Waals surface area contributed by atoms with E-state index in [1.54, 1.807) is 31.2 Å². The first-order chi connectivity index (χ1) is 15.0. The molecule has 0 aromatic heterocycles. The van der Waals surface area contributed by atoms with Crippen LogP contribution < -0.4 is 9.64 Å². The van der Waals surface area contributed by atoms with Crippen LogP contribution in [0.4, 0.5) is 10.1 Å². The van der Waals surface area contributed by atoms with Crippen molar-refractivity contribution in [2.75, 3.05) is 45.2 Å². The fraction of sp³-hybridized carbons (Fsp3) is 0.417. The Kier molecular flexibility index (Phi) is 6.11. The van der Waals surface area contributed by atoms with Gasteiger partial charge in [0.25, 0.3) is 0 Å². The predicted octanol–water partition coefficient (Wildman–Crippen LogP) is 3.09. The van der Waals surface area contributed by atoms with E-state index < -0.39 is 0 Å². The van der Waals surface area contributed by atoms with Gasteiger partial charge in [0.2, 0.25) is 11.8 Å². The lowest BCUT2D eigenvalue weighted by Gasteiger charge is -2.43. The number of anilines is 1. The highest BCUT2D eigenvalue weighted by atomic mass is 19.1. The molecule has 0 aliphatic carbocycles. The first-order valence-electron chi connectivity index (χ1n) is 10.7. The lowest BCUT2D eigenvalue weighted by Crippen LogP contribution is -2.53. The second-order valence-electron chi connectivity index (χ2n) is 8.13. The molecule has 2 heterocycles. The van der Waals surface area contributed by atoms with Crippen molar-refractivity contribution < 1.29 is 18.7 Å². The molecule has 6 nitrogen and oxygen atoms in total. The van der Waals surface area contributed by atoms with Crippen LogP contribution in [0.3, 0.4) is 0 Å². The molecule has 0 unspecified atom stereocenters. The molecule has 2 aromatic carbocycles. The third-order valence-corrected chi connectivity index (χ3v) is 6.42. The minimum absolute atomic E-state index is 0.0502. The van der Waals surface area contributed by atoms with Gasteiger partial charge in [-0.1, -0.05) is 24.3 Å². The second-order valence-corrected chi connectivity index (χ2v) is 8.13. The van der Waals surface area contributed by atoms with Crippen molar-refractivity contribution in [3.8, 4) is 5.75 Å². The van der Waals surface area contributed by atoms with E-state index in [1.165, 1.54) is 6.07 Å². The van der Waals surface area contributed by atoms with Gasteiger partial charge in [0, 0.05) is 39.6 Å². The highest BCUT2D eigenvalue weighted by Crippen LogP contribution is 2.37. The highest BCUT2D eigenvalue weighted by Gasteiger charge is 2.41. The van der Waals surface area contributed by atoms with Gasteiger partial charge in [0.1, 0.15) is 11.6 Å². The monoisotopic (exact) mass is 425 g/mol. The largest absolute Gasteiger partial charge is 0.497 e. The quantitative estimate of drug-likeness (QED) is 0.756. The minimum atomic E-state index is -0.302. The van der Waals surface area contributed by atoms with Gasteiger partial charge in [0.15, 0.2) is 0 Å². The molecule has 7 heteroatoms. The molecule has 31 heavy (non-hydrogen) atoms. The van der Waals surface area contributed by atoms with E-state index in [0.717, 1.165) is 11.3 Å². The summed E-state index contributed by atoms with van der Waals surface area (Å²) in [5.41, 5.74) is 1.51. The molecule has 2 aliphatic heterocycles. The summed E-state index contributed by atoms with van der Waals surface area (Å²) >= 11 is 0. The van der Waals surface area contributed by atoms with Crippen LogP contribution in [0.15, 0.2) is 48.5 Å². The molecular weight excluding hydrogens is 397 g/mol. The Morgan fingerprint density at radius 2 is 1.71 bits per heavy atom. The summed E-state index contributed by atoms with van der Waals surface area (Å²) in [6, 6.07) is 14.0. The van der Waals surface area contributed by atoms with Crippen molar-refractivity contribution in [2.45, 2.75) is 18.9 Å². The summed E-state index contributed by atoms with van der Waals surface area (Å²) in [6.07, 6.45) is 0.904. The Morgan fingerprint density at radius 3 is 2.35 bits per heavy atom. The molecular formula is C24H28FN3O3. The molecule has 4 rings (SSSR count). The first kappa shape index (κ1) is 21.2. The maximum Gasteiger partial charge on any atom is 0.228 e. The van der Waals surface area contributed by atoms with Crippen LogP contribution in [0, 0.1) is 11.7 Å². The van der Waals surface area contributed by atoms with Crippen molar-refractivity contribution in [2.24, 2.45) is 5.92 Å². The molecule has 2 aromatic rings. The van der Waals surface area contributed by atoms with E-state index >= 15 is 0 Å². The SMILES string of the molecule is COc1ccc([C@H]2[C@H](C(=O)N3CCN(c4ccccc4F)CC3)CCC(=O)N2C)cc1. The summed E-state index contributed by atoms with van der Waals surface area (Å²) < 4.78 is 19.4. The van der Waals surface area contributed by atoms with Crippen LogP contribution >= 0.6 is 0 Å². The predicted molar refractivity (Wildman–Crippen MR) is 116 cm³/mol. The van der Waals surface area contributed by atoms with E-state index in [2.05, 4.69) is 0 Å². The zero-order valence-corrected chi connectivity index (χ0v) is 18.0. The smallest absolute Gasteiger partial charge is 0.228 e. The average molecular weight is 426 g/mol. The average Bonchev–Trinajstić information content (AvgIpc) is 2.81. The number of carbonyl (C=O) groups excluding carboxylic acids is 2. The van der Waals surface area contributed by atoms with E-state index in [-0.39, 0.29) is 29.6 Å². The number of para-hydroxylation sites is 1. The maximum absolute atomic E-state index is 14.1. The van der Waals surface area contributed by atoms with Gasteiger partial charge in [-0.05, 0) is 36.2 Å². The van der Waals surface area contributed by atoms with Crippen LogP contribution in [0.2, 0.25) is 0 Å². The van der Waals surface area contributed by atoms with Crippen molar-refractivity contribution in [3.05, 3.63) is 59.9 Å². The number of benzene rings is 2. The molecule has 0 radical (unpaired) electrons. The van der Waals surface area contributed by atoms with Gasteiger partial charge >= 0.3 is 0 Å². The summed E-state index contributed by atoms with van der Waals surface area (Å²) in [4.78, 5) is 31.4. The Bertz CT molecular complexity index is 941. The minimum Gasteiger partial charge on any atom is -0.497 e. The molecule has 0 N–H and O–H groups in total. The van der Waals surface area contributed by atoms with Gasteiger partial charge in [-0.15, -0.1) is 0 Å². The Morgan fingerprint density at radius 1 is 1.03 bits per heavy atom. The zero-order valence-electron chi connectivity index (χ0n) is 18.0. The number of nitrogens with zero attached hydrogens (tertiary/aromatic N) is 3. The Hall–Kier alpha value is -3.09. The molecule has 164 valence electrons. The van der Waals surface area contributed by atoms with Crippen molar-refractivity contribution in [1.29, 1.82) is 0 Å². The molecule has 2 fully saturated rings. The fourth-order valence-electron chi connectivity index (χ4n) is 4.66. The number of carbonyl (C=O) groups is 2. The number of hydrogen-bond acceptors (Lipinski definition) is 4. The summed E-state index contributed by atoms with van der Waals surface area (Å²) in [5.74, 6) is 0.314. The van der Waals surface area contributed by atoms with E-state index in [9.17, 15) is 14.0 Å². The number of hydrogen-bond donors (Lipinski definition) is 0. The van der Waals surface area contributed by atoms with E-state index in [0.29, 0.717) is 44.7 Å². The zero-order chi connectivity index (χ0) is 22.0. The topological polar surface area (TPSA) is 53.1 Å². The number of halogens is 1. The molecule has 2 atom stereocenters. The fourth-order valence-corrected chi connectivity index (χ4v) is 4.66. The van der Waals surface area contributed by atoms with Crippen LogP contribution in [-0.4, -0.2) is 62.0 Å². The number of piperidine rings is 1. The van der Waals surface area contributed by atoms with Crippen LogP contribution in [0.1, 0.15) is 24.4 Å². The third kappa shape index (κ3) is 4.22. The van der Waals surface area contributed by atoms with Gasteiger partial charge in [-0.3, -0.25) is 9.59 Å². The van der Waals surface area contributed by atoms with Crippen molar-refractivity contribution >= 4 is 17.5 Å². The lowest BCUT2D eigenvalue weighted by atomic mass is 9.83. The normalized spacial score (nSPS) is 21.9. The maximum atomic E-state index is 14.1. The molecule has 2 amide bonds. The van der Waals surface area contributed by atoms with Crippen LogP contribution in [0.5, 0.6) is 5.75 Å². The molecule has 0 saturated carbocycles.